The number of nitrogens with one attached hydrogen (secondary N) is 1. The Morgan fingerprint density at radius 3 is 2.94 bits per heavy atom. The third kappa shape index (κ3) is 4.29. The molecule has 0 spiro atoms. The maximum Gasteiger partial charge on any atom is 0.0544 e. The highest BCUT2D eigenvalue weighted by molar-refractivity contribution is 5.14. The van der Waals surface area contributed by atoms with E-state index in [4.69, 9.17) is 0 Å². The Kier molecular flexibility index (Phi) is 4.29. The van der Waals surface area contributed by atoms with Crippen molar-refractivity contribution in [2.24, 2.45) is 0 Å². The van der Waals surface area contributed by atoms with Gasteiger partial charge < -0.3 is 5.32 Å². The Labute approximate surface area is 104 Å². The Hall–Kier alpha value is -1.19. The lowest BCUT2D eigenvalue weighted by molar-refractivity contribution is 0.359. The summed E-state index contributed by atoms with van der Waals surface area (Å²) in [6.45, 7) is 6.45. The zero-order valence-corrected chi connectivity index (χ0v) is 10.5. The second-order valence-electron chi connectivity index (χ2n) is 4.80. The highest BCUT2D eigenvalue weighted by atomic mass is 15.1. The van der Waals surface area contributed by atoms with Crippen molar-refractivity contribution in [3.05, 3.63) is 42.2 Å². The zero-order chi connectivity index (χ0) is 12.1. The summed E-state index contributed by atoms with van der Waals surface area (Å²) >= 11 is 0. The fourth-order valence-electron chi connectivity index (χ4n) is 1.76. The van der Waals surface area contributed by atoms with Gasteiger partial charge in [0.2, 0.25) is 0 Å². The third-order valence-electron chi connectivity index (χ3n) is 2.93. The van der Waals surface area contributed by atoms with Crippen LogP contribution in [0.4, 0.5) is 0 Å². The number of pyridine rings is 1. The van der Waals surface area contributed by atoms with Crippen LogP contribution in [0, 0.1) is 0 Å². The van der Waals surface area contributed by atoms with Gasteiger partial charge >= 0.3 is 0 Å². The van der Waals surface area contributed by atoms with Gasteiger partial charge in [-0.05, 0) is 31.5 Å². The van der Waals surface area contributed by atoms with Crippen LogP contribution in [0.1, 0.15) is 24.1 Å². The Balaban J connectivity index is 1.81. The van der Waals surface area contributed by atoms with Crippen LogP contribution in [0.25, 0.3) is 0 Å². The number of nitrogens with zero attached hydrogens (tertiary/aromatic N) is 2. The molecule has 3 nitrogen and oxygen atoms in total. The average Bonchev–Trinajstić information content (AvgIpc) is 3.12. The van der Waals surface area contributed by atoms with E-state index < -0.39 is 0 Å². The Bertz CT molecular complexity index is 354. The first-order chi connectivity index (χ1) is 8.28. The largest absolute Gasteiger partial charge is 0.310 e. The first-order valence-corrected chi connectivity index (χ1v) is 6.24. The molecule has 0 radical (unpaired) electrons. The van der Waals surface area contributed by atoms with Crippen molar-refractivity contribution in [3.8, 4) is 0 Å². The van der Waals surface area contributed by atoms with E-state index in [-0.39, 0.29) is 0 Å². The fourth-order valence-corrected chi connectivity index (χ4v) is 1.76. The lowest BCUT2D eigenvalue weighted by Crippen LogP contribution is -2.18. The molecule has 3 heteroatoms. The topological polar surface area (TPSA) is 28.2 Å². The van der Waals surface area contributed by atoms with Crippen LogP contribution in [0.3, 0.4) is 0 Å². The summed E-state index contributed by atoms with van der Waals surface area (Å²) in [4.78, 5) is 6.68. The minimum Gasteiger partial charge on any atom is -0.310 e. The SMILES string of the molecule is C=CCN(C)Cc1ccc(CNC2CC2)cn1. The van der Waals surface area contributed by atoms with Gasteiger partial charge in [0, 0.05) is 31.9 Å². The molecule has 0 saturated heterocycles. The Morgan fingerprint density at radius 1 is 1.53 bits per heavy atom. The molecule has 0 bridgehead atoms. The maximum atomic E-state index is 4.48. The molecule has 92 valence electrons. The van der Waals surface area contributed by atoms with Gasteiger partial charge in [0.25, 0.3) is 0 Å². The molecule has 1 aromatic rings. The average molecular weight is 231 g/mol. The van der Waals surface area contributed by atoms with E-state index in [1.54, 1.807) is 0 Å². The van der Waals surface area contributed by atoms with Crippen LogP contribution in [-0.4, -0.2) is 29.5 Å². The van der Waals surface area contributed by atoms with E-state index in [1.807, 2.05) is 12.3 Å². The van der Waals surface area contributed by atoms with Crippen molar-refractivity contribution < 1.29 is 0 Å². The van der Waals surface area contributed by atoms with Crippen LogP contribution in [0.2, 0.25) is 0 Å². The number of hydrogen-bond donors (Lipinski definition) is 1. The molecule has 1 saturated carbocycles. The predicted molar refractivity (Wildman–Crippen MR) is 70.6 cm³/mol. The number of likely N-dealkylation sites (N-methyl/N-ethyl adjacent to an activating group) is 1. The zero-order valence-electron chi connectivity index (χ0n) is 10.5. The van der Waals surface area contributed by atoms with Gasteiger partial charge in [0.1, 0.15) is 0 Å². The molecule has 1 aromatic heterocycles. The standard InChI is InChI=1S/C14H21N3/c1-3-8-17(2)11-14-5-4-12(10-16-14)9-15-13-6-7-13/h3-5,10,13,15H,1,6-9,11H2,2H3. The van der Waals surface area contributed by atoms with E-state index in [0.717, 1.165) is 31.4 Å². The van der Waals surface area contributed by atoms with E-state index in [0.29, 0.717) is 0 Å². The van der Waals surface area contributed by atoms with Gasteiger partial charge in [-0.2, -0.15) is 0 Å². The van der Waals surface area contributed by atoms with Crippen molar-refractivity contribution in [2.45, 2.75) is 32.0 Å². The first-order valence-electron chi connectivity index (χ1n) is 6.24. The summed E-state index contributed by atoms with van der Waals surface area (Å²) in [7, 11) is 2.08. The molecule has 17 heavy (non-hydrogen) atoms. The van der Waals surface area contributed by atoms with Crippen LogP contribution in [0.5, 0.6) is 0 Å². The quantitative estimate of drug-likeness (QED) is 0.727. The molecule has 0 amide bonds. The van der Waals surface area contributed by atoms with Gasteiger partial charge in [0.15, 0.2) is 0 Å². The van der Waals surface area contributed by atoms with Gasteiger partial charge in [-0.3, -0.25) is 9.88 Å². The number of hydrogen-bond acceptors (Lipinski definition) is 3. The molecule has 1 N–H and O–H groups in total. The lowest BCUT2D eigenvalue weighted by Gasteiger charge is -2.13. The molecule has 0 atom stereocenters. The first kappa shape index (κ1) is 12.3. The van der Waals surface area contributed by atoms with Crippen molar-refractivity contribution in [1.82, 2.24) is 15.2 Å². The van der Waals surface area contributed by atoms with Crippen LogP contribution < -0.4 is 5.32 Å². The Morgan fingerprint density at radius 2 is 2.35 bits per heavy atom. The second-order valence-corrected chi connectivity index (χ2v) is 4.80. The van der Waals surface area contributed by atoms with E-state index in [2.05, 4.69) is 41.0 Å². The normalized spacial score (nSPS) is 15.2. The van der Waals surface area contributed by atoms with Crippen molar-refractivity contribution >= 4 is 0 Å². The van der Waals surface area contributed by atoms with E-state index >= 15 is 0 Å². The summed E-state index contributed by atoms with van der Waals surface area (Å²) in [5, 5.41) is 3.49. The number of rotatable bonds is 7. The van der Waals surface area contributed by atoms with Crippen molar-refractivity contribution in [2.75, 3.05) is 13.6 Å². The molecule has 0 aromatic carbocycles. The van der Waals surface area contributed by atoms with E-state index in [1.165, 1.54) is 18.4 Å². The molecule has 1 aliphatic rings. The monoisotopic (exact) mass is 231 g/mol. The van der Waals surface area contributed by atoms with Crippen LogP contribution in [-0.2, 0) is 13.1 Å². The minimum atomic E-state index is 0.758. The summed E-state index contributed by atoms with van der Waals surface area (Å²) in [6.07, 6.45) is 6.55. The van der Waals surface area contributed by atoms with E-state index in [9.17, 15) is 0 Å². The van der Waals surface area contributed by atoms with Gasteiger partial charge in [-0.15, -0.1) is 6.58 Å². The molecule has 1 aliphatic carbocycles. The van der Waals surface area contributed by atoms with Crippen molar-refractivity contribution in [1.29, 1.82) is 0 Å². The molecular formula is C14H21N3. The maximum absolute atomic E-state index is 4.48. The van der Waals surface area contributed by atoms with Gasteiger partial charge in [0.05, 0.1) is 5.69 Å². The fraction of sp³-hybridized carbons (Fsp3) is 0.500. The summed E-state index contributed by atoms with van der Waals surface area (Å²) in [5.41, 5.74) is 2.39. The molecule has 0 unspecified atom stereocenters. The van der Waals surface area contributed by atoms with Crippen molar-refractivity contribution in [3.63, 3.8) is 0 Å². The van der Waals surface area contributed by atoms with Crippen LogP contribution in [0.15, 0.2) is 31.0 Å². The minimum absolute atomic E-state index is 0.758. The molecule has 2 rings (SSSR count). The summed E-state index contributed by atoms with van der Waals surface area (Å²) in [5.74, 6) is 0. The summed E-state index contributed by atoms with van der Waals surface area (Å²) < 4.78 is 0. The highest BCUT2D eigenvalue weighted by Crippen LogP contribution is 2.19. The second kappa shape index (κ2) is 5.94. The lowest BCUT2D eigenvalue weighted by atomic mass is 10.2. The van der Waals surface area contributed by atoms with Crippen LogP contribution >= 0.6 is 0 Å². The highest BCUT2D eigenvalue weighted by Gasteiger charge is 2.19. The van der Waals surface area contributed by atoms with Gasteiger partial charge in [-0.25, -0.2) is 0 Å². The third-order valence-corrected chi connectivity index (χ3v) is 2.93. The molecule has 1 fully saturated rings. The number of aromatic nitrogens is 1. The molecule has 0 aliphatic heterocycles. The summed E-state index contributed by atoms with van der Waals surface area (Å²) in [6, 6.07) is 5.04. The van der Waals surface area contributed by atoms with Gasteiger partial charge in [-0.1, -0.05) is 12.1 Å². The predicted octanol–water partition coefficient (Wildman–Crippen LogP) is 1.95. The smallest absolute Gasteiger partial charge is 0.0544 e. The molecule has 1 heterocycles. The molecular weight excluding hydrogens is 210 g/mol.